The first kappa shape index (κ1) is 22.5. The van der Waals surface area contributed by atoms with E-state index in [0.717, 1.165) is 30.1 Å². The summed E-state index contributed by atoms with van der Waals surface area (Å²) >= 11 is 1.41. The summed E-state index contributed by atoms with van der Waals surface area (Å²) in [6, 6.07) is 26.0. The molecule has 6 rings (SSSR count). The number of amides is 1. The van der Waals surface area contributed by atoms with Gasteiger partial charge in [-0.1, -0.05) is 48.2 Å². The molecule has 4 aromatic rings. The number of carbonyl (C=O) groups excluding carboxylic acids is 1. The molecular weight excluding hydrogens is 474 g/mol. The first-order valence-corrected chi connectivity index (χ1v) is 12.9. The first-order valence-electron chi connectivity index (χ1n) is 11.9. The molecule has 0 aliphatic carbocycles. The van der Waals surface area contributed by atoms with Gasteiger partial charge in [0.25, 0.3) is 0 Å². The fourth-order valence-electron chi connectivity index (χ4n) is 4.47. The molecule has 36 heavy (non-hydrogen) atoms. The minimum absolute atomic E-state index is 0.111. The Kier molecular flexibility index (Phi) is 6.21. The summed E-state index contributed by atoms with van der Waals surface area (Å²) in [6.07, 6.45) is 0. The molecule has 9 heteroatoms. The number of fused-ring (bicyclic) bond motifs is 1. The van der Waals surface area contributed by atoms with Gasteiger partial charge < -0.3 is 19.3 Å². The van der Waals surface area contributed by atoms with Crippen LogP contribution in [0.15, 0.2) is 84.0 Å². The van der Waals surface area contributed by atoms with Crippen molar-refractivity contribution in [3.63, 3.8) is 0 Å². The van der Waals surface area contributed by atoms with Gasteiger partial charge in [0.1, 0.15) is 0 Å². The van der Waals surface area contributed by atoms with Crippen molar-refractivity contribution in [3.8, 4) is 28.6 Å². The highest BCUT2D eigenvalue weighted by atomic mass is 32.2. The predicted molar refractivity (Wildman–Crippen MR) is 139 cm³/mol. The topological polar surface area (TPSA) is 72.7 Å². The third-order valence-corrected chi connectivity index (χ3v) is 7.27. The SMILES string of the molecule is O=C(CSc1nnc(-c2ccc3c(c2)OCO3)n1-c1ccccc1)N1CCN(c2ccccc2)CC1. The summed E-state index contributed by atoms with van der Waals surface area (Å²) in [5, 5.41) is 9.61. The van der Waals surface area contributed by atoms with Gasteiger partial charge in [-0.15, -0.1) is 10.2 Å². The van der Waals surface area contributed by atoms with Crippen LogP contribution < -0.4 is 14.4 Å². The Hall–Kier alpha value is -3.98. The summed E-state index contributed by atoms with van der Waals surface area (Å²) in [4.78, 5) is 17.3. The van der Waals surface area contributed by atoms with Gasteiger partial charge >= 0.3 is 0 Å². The number of hydrogen-bond acceptors (Lipinski definition) is 7. The molecule has 2 aliphatic heterocycles. The van der Waals surface area contributed by atoms with Crippen molar-refractivity contribution in [2.45, 2.75) is 5.16 Å². The second kappa shape index (κ2) is 9.94. The first-order chi connectivity index (χ1) is 17.8. The van der Waals surface area contributed by atoms with E-state index in [1.807, 2.05) is 76.2 Å². The van der Waals surface area contributed by atoms with Crippen molar-refractivity contribution in [1.82, 2.24) is 19.7 Å². The van der Waals surface area contributed by atoms with E-state index in [1.165, 1.54) is 17.4 Å². The van der Waals surface area contributed by atoms with Gasteiger partial charge in [-0.25, -0.2) is 0 Å². The van der Waals surface area contributed by atoms with Gasteiger partial charge in [0.05, 0.1) is 5.75 Å². The Morgan fingerprint density at radius 3 is 2.25 bits per heavy atom. The Bertz CT molecular complexity index is 1350. The molecule has 1 aromatic heterocycles. The molecule has 0 radical (unpaired) electrons. The Morgan fingerprint density at radius 1 is 0.806 bits per heavy atom. The monoisotopic (exact) mass is 499 g/mol. The zero-order valence-corrected chi connectivity index (χ0v) is 20.4. The third-order valence-electron chi connectivity index (χ3n) is 6.36. The average molecular weight is 500 g/mol. The fraction of sp³-hybridized carbons (Fsp3) is 0.222. The highest BCUT2D eigenvalue weighted by Gasteiger charge is 2.24. The van der Waals surface area contributed by atoms with Gasteiger partial charge in [0.15, 0.2) is 22.5 Å². The van der Waals surface area contributed by atoms with Gasteiger partial charge in [-0.2, -0.15) is 0 Å². The molecule has 0 bridgehead atoms. The molecule has 8 nitrogen and oxygen atoms in total. The minimum Gasteiger partial charge on any atom is -0.454 e. The van der Waals surface area contributed by atoms with Crippen LogP contribution >= 0.6 is 11.8 Å². The molecule has 0 N–H and O–H groups in total. The molecule has 2 aliphatic rings. The Labute approximate surface area is 213 Å². The number of hydrogen-bond donors (Lipinski definition) is 0. The highest BCUT2D eigenvalue weighted by molar-refractivity contribution is 7.99. The molecule has 3 heterocycles. The molecule has 3 aromatic carbocycles. The van der Waals surface area contributed by atoms with E-state index in [1.54, 1.807) is 0 Å². The Balaban J connectivity index is 1.18. The number of nitrogens with zero attached hydrogens (tertiary/aromatic N) is 5. The smallest absolute Gasteiger partial charge is 0.233 e. The van der Waals surface area contributed by atoms with Crippen LogP contribution in [-0.2, 0) is 4.79 Å². The van der Waals surface area contributed by atoms with Crippen LogP contribution in [0.4, 0.5) is 5.69 Å². The molecule has 0 atom stereocenters. The molecule has 0 unspecified atom stereocenters. The maximum Gasteiger partial charge on any atom is 0.233 e. The number of carbonyl (C=O) groups is 1. The van der Waals surface area contributed by atoms with E-state index in [9.17, 15) is 4.79 Å². The van der Waals surface area contributed by atoms with E-state index in [2.05, 4.69) is 27.2 Å². The number of anilines is 1. The van der Waals surface area contributed by atoms with E-state index >= 15 is 0 Å². The van der Waals surface area contributed by atoms with E-state index < -0.39 is 0 Å². The summed E-state index contributed by atoms with van der Waals surface area (Å²) < 4.78 is 13.0. The summed E-state index contributed by atoms with van der Waals surface area (Å²) in [5.41, 5.74) is 3.00. The lowest BCUT2D eigenvalue weighted by Crippen LogP contribution is -2.49. The zero-order valence-electron chi connectivity index (χ0n) is 19.6. The van der Waals surface area contributed by atoms with Crippen molar-refractivity contribution in [1.29, 1.82) is 0 Å². The normalized spacial score (nSPS) is 14.8. The standard InChI is InChI=1S/C27H25N5O3S/c33-25(31-15-13-30(14-16-31)21-7-3-1-4-8-21)18-36-27-29-28-26(32(27)22-9-5-2-6-10-22)20-11-12-23-24(17-20)35-19-34-23/h1-12,17H,13-16,18-19H2. The van der Waals surface area contributed by atoms with Crippen molar-refractivity contribution in [3.05, 3.63) is 78.9 Å². The number of benzene rings is 3. The van der Waals surface area contributed by atoms with Gasteiger partial charge in [0, 0.05) is 43.1 Å². The van der Waals surface area contributed by atoms with Crippen molar-refractivity contribution in [2.24, 2.45) is 0 Å². The lowest BCUT2D eigenvalue weighted by molar-refractivity contribution is -0.128. The number of ether oxygens (including phenoxy) is 2. The number of piperazine rings is 1. The second-order valence-electron chi connectivity index (χ2n) is 8.54. The van der Waals surface area contributed by atoms with Gasteiger partial charge in [-0.05, 0) is 42.5 Å². The van der Waals surface area contributed by atoms with Crippen LogP contribution in [0, 0.1) is 0 Å². The summed E-state index contributed by atoms with van der Waals surface area (Å²) in [7, 11) is 0. The summed E-state index contributed by atoms with van der Waals surface area (Å²) in [5.74, 6) is 2.51. The van der Waals surface area contributed by atoms with Crippen LogP contribution in [0.3, 0.4) is 0 Å². The minimum atomic E-state index is 0.111. The third kappa shape index (κ3) is 4.49. The quantitative estimate of drug-likeness (QED) is 0.370. The lowest BCUT2D eigenvalue weighted by atomic mass is 10.2. The van der Waals surface area contributed by atoms with Crippen LogP contribution in [0.25, 0.3) is 17.1 Å². The van der Waals surface area contributed by atoms with Crippen LogP contribution in [0.1, 0.15) is 0 Å². The van der Waals surface area contributed by atoms with Gasteiger partial charge in [0.2, 0.25) is 12.7 Å². The van der Waals surface area contributed by atoms with Crippen molar-refractivity contribution in [2.75, 3.05) is 43.6 Å². The fourth-order valence-corrected chi connectivity index (χ4v) is 5.32. The summed E-state index contributed by atoms with van der Waals surface area (Å²) in [6.45, 7) is 3.29. The van der Waals surface area contributed by atoms with Gasteiger partial charge in [-0.3, -0.25) is 9.36 Å². The number of rotatable bonds is 6. The number of para-hydroxylation sites is 2. The molecule has 0 spiro atoms. The maximum absolute atomic E-state index is 13.1. The van der Waals surface area contributed by atoms with E-state index in [0.29, 0.717) is 35.6 Å². The van der Waals surface area contributed by atoms with Crippen LogP contribution in [0.5, 0.6) is 11.5 Å². The van der Waals surface area contributed by atoms with Crippen LogP contribution in [0.2, 0.25) is 0 Å². The second-order valence-corrected chi connectivity index (χ2v) is 9.48. The molecular formula is C27H25N5O3S. The molecule has 1 amide bonds. The average Bonchev–Trinajstić information content (AvgIpc) is 3.59. The van der Waals surface area contributed by atoms with E-state index in [4.69, 9.17) is 9.47 Å². The number of thioether (sulfide) groups is 1. The lowest BCUT2D eigenvalue weighted by Gasteiger charge is -2.36. The highest BCUT2D eigenvalue weighted by Crippen LogP contribution is 2.37. The Morgan fingerprint density at radius 2 is 1.50 bits per heavy atom. The number of aromatic nitrogens is 3. The molecule has 1 fully saturated rings. The predicted octanol–water partition coefficient (Wildman–Crippen LogP) is 4.10. The zero-order chi connectivity index (χ0) is 24.3. The molecule has 1 saturated heterocycles. The maximum atomic E-state index is 13.1. The van der Waals surface area contributed by atoms with Crippen molar-refractivity contribution >= 4 is 23.4 Å². The van der Waals surface area contributed by atoms with Crippen LogP contribution in [-0.4, -0.2) is 64.3 Å². The van der Waals surface area contributed by atoms with E-state index in [-0.39, 0.29) is 12.7 Å². The molecule has 0 saturated carbocycles. The largest absolute Gasteiger partial charge is 0.454 e. The van der Waals surface area contributed by atoms with Crippen molar-refractivity contribution < 1.29 is 14.3 Å². The molecule has 182 valence electrons.